The van der Waals surface area contributed by atoms with E-state index >= 15 is 0 Å². The first kappa shape index (κ1) is 18.9. The van der Waals surface area contributed by atoms with Crippen molar-refractivity contribution in [1.82, 2.24) is 0 Å². The average Bonchev–Trinajstić information content (AvgIpc) is 2.24. The van der Waals surface area contributed by atoms with Crippen molar-refractivity contribution in [3.8, 4) is 0 Å². The Hall–Kier alpha value is 0.884. The molecule has 1 aliphatic heterocycles. The molecule has 0 aliphatic carbocycles. The van der Waals surface area contributed by atoms with E-state index in [0.717, 1.165) is 18.7 Å². The highest BCUT2D eigenvalue weighted by Gasteiger charge is 2.42. The molecule has 0 aromatic heterocycles. The molecule has 0 spiro atoms. The molecule has 0 N–H and O–H groups in total. The quantitative estimate of drug-likeness (QED) is 0.699. The van der Waals surface area contributed by atoms with Crippen LogP contribution in [0.3, 0.4) is 0 Å². The smallest absolute Gasteiger partial charge is 0.362 e. The molecule has 0 atom stereocenters. The molecule has 0 unspecified atom stereocenters. The van der Waals surface area contributed by atoms with Gasteiger partial charge < -0.3 is 20.9 Å². The van der Waals surface area contributed by atoms with Crippen molar-refractivity contribution in [3.63, 3.8) is 0 Å². The lowest BCUT2D eigenvalue weighted by molar-refractivity contribution is 0.273. The molecule has 0 saturated carbocycles. The van der Waals surface area contributed by atoms with Gasteiger partial charge in [0, 0.05) is 6.61 Å². The first-order valence-corrected chi connectivity index (χ1v) is 18.1. The molecule has 10 heteroatoms. The number of rotatable bonds is 5. The molecule has 1 fully saturated rings. The third kappa shape index (κ3) is 6.76. The van der Waals surface area contributed by atoms with Gasteiger partial charge in [-0.3, -0.25) is 0 Å². The van der Waals surface area contributed by atoms with E-state index < -0.39 is 44.7 Å². The van der Waals surface area contributed by atoms with E-state index in [1.807, 2.05) is 19.6 Å². The molecule has 1 aliphatic rings. The summed E-state index contributed by atoms with van der Waals surface area (Å²) in [6.45, 7) is 15.6. The number of hydrogen-bond acceptors (Lipinski definition) is 5. The van der Waals surface area contributed by atoms with Crippen molar-refractivity contribution in [3.05, 3.63) is 0 Å². The lowest BCUT2D eigenvalue weighted by Crippen LogP contribution is -2.53. The van der Waals surface area contributed by atoms with Gasteiger partial charge in [-0.2, -0.15) is 0 Å². The zero-order valence-electron chi connectivity index (χ0n) is 13.7. The van der Waals surface area contributed by atoms with Crippen LogP contribution < -0.4 is 0 Å². The van der Waals surface area contributed by atoms with Crippen molar-refractivity contribution in [2.75, 3.05) is 6.61 Å². The fourth-order valence-corrected chi connectivity index (χ4v) is 18.4. The lowest BCUT2D eigenvalue weighted by Gasteiger charge is -2.36. The van der Waals surface area contributed by atoms with Crippen LogP contribution in [-0.2, 0) is 20.9 Å². The highest BCUT2D eigenvalue weighted by molar-refractivity contribution is 6.82. The lowest BCUT2D eigenvalue weighted by atomic mass is 10.9. The van der Waals surface area contributed by atoms with Crippen LogP contribution in [0.5, 0.6) is 0 Å². The largest absolute Gasteiger partial charge is 0.418 e. The maximum Gasteiger partial charge on any atom is 0.362 e. The van der Waals surface area contributed by atoms with Crippen LogP contribution in [0.2, 0.25) is 51.4 Å². The zero-order chi connectivity index (χ0) is 15.4. The minimum Gasteiger partial charge on any atom is -0.418 e. The Morgan fingerprint density at radius 1 is 1.00 bits per heavy atom. The van der Waals surface area contributed by atoms with Gasteiger partial charge in [0.15, 0.2) is 8.32 Å². The summed E-state index contributed by atoms with van der Waals surface area (Å²) in [4.78, 5) is 0. The maximum atomic E-state index is 6.23. The summed E-state index contributed by atoms with van der Waals surface area (Å²) < 4.78 is 30.1. The molecule has 3 radical (unpaired) electrons. The molecule has 1 saturated heterocycles. The third-order valence-electron chi connectivity index (χ3n) is 3.01. The summed E-state index contributed by atoms with van der Waals surface area (Å²) in [5.74, 6) is 0. The van der Waals surface area contributed by atoms with Gasteiger partial charge in [0.2, 0.25) is 0 Å². The monoisotopic (exact) mass is 367 g/mol. The predicted molar refractivity (Wildman–Crippen MR) is 89.5 cm³/mol. The molecule has 1 heterocycles. The van der Waals surface area contributed by atoms with Gasteiger partial charge in [-0.25, -0.2) is 0 Å². The van der Waals surface area contributed by atoms with E-state index in [4.69, 9.17) is 20.9 Å². The Morgan fingerprint density at radius 2 is 1.50 bits per heavy atom. The van der Waals surface area contributed by atoms with E-state index in [2.05, 4.69) is 26.6 Å². The summed E-state index contributed by atoms with van der Waals surface area (Å²) in [6.07, 6.45) is 0. The van der Waals surface area contributed by atoms with Crippen LogP contribution in [-0.4, -0.2) is 51.3 Å². The van der Waals surface area contributed by atoms with Crippen LogP contribution in [0.1, 0.15) is 6.92 Å². The standard InChI is InChI=1S/C10H27O5Si5/c1-8-11-19(5,6)9-10-20(7)14-17(3)12-16(2)13-18(4)15-20/h8-10H2,1-7H3. The van der Waals surface area contributed by atoms with Crippen LogP contribution in [0.4, 0.5) is 0 Å². The molecule has 1 rings (SSSR count). The fraction of sp³-hybridized carbons (Fsp3) is 1.00. The topological polar surface area (TPSA) is 46.2 Å². The van der Waals surface area contributed by atoms with Gasteiger partial charge in [0.25, 0.3) is 0 Å². The highest BCUT2D eigenvalue weighted by atomic mass is 28.5. The average molecular weight is 368 g/mol. The van der Waals surface area contributed by atoms with E-state index in [1.54, 1.807) is 0 Å². The Bertz CT molecular complexity index is 292. The van der Waals surface area contributed by atoms with E-state index in [1.165, 1.54) is 0 Å². The second-order valence-electron chi connectivity index (χ2n) is 5.71. The van der Waals surface area contributed by atoms with Crippen LogP contribution in [0, 0.1) is 0 Å². The highest BCUT2D eigenvalue weighted by Crippen LogP contribution is 2.26. The Balaban J connectivity index is 2.64. The SMILES string of the molecule is CCO[Si](C)(C)CC[Si]1(C)O[Si](C)O[Si](C)O[Si](C)O1. The second kappa shape index (κ2) is 7.94. The van der Waals surface area contributed by atoms with Crippen molar-refractivity contribution in [2.45, 2.75) is 58.3 Å². The minimum atomic E-state index is -2.20. The van der Waals surface area contributed by atoms with E-state index in [9.17, 15) is 0 Å². The normalized spacial score (nSPS) is 23.6. The molecule has 0 bridgehead atoms. The summed E-state index contributed by atoms with van der Waals surface area (Å²) in [5, 5.41) is 0. The van der Waals surface area contributed by atoms with Crippen LogP contribution in [0.25, 0.3) is 0 Å². The molecule has 0 aromatic rings. The predicted octanol–water partition coefficient (Wildman–Crippen LogP) is 2.73. The third-order valence-corrected chi connectivity index (χ3v) is 17.5. The van der Waals surface area contributed by atoms with Crippen LogP contribution >= 0.6 is 0 Å². The van der Waals surface area contributed by atoms with E-state index in [0.29, 0.717) is 0 Å². The molecule has 20 heavy (non-hydrogen) atoms. The Morgan fingerprint density at radius 3 is 1.95 bits per heavy atom. The molecule has 0 aromatic carbocycles. The van der Waals surface area contributed by atoms with E-state index in [-0.39, 0.29) is 0 Å². The fourth-order valence-electron chi connectivity index (χ4n) is 2.19. The molecular formula is C10H27O5Si5. The maximum absolute atomic E-state index is 6.23. The van der Waals surface area contributed by atoms with Gasteiger partial charge in [0.1, 0.15) is 0 Å². The first-order chi connectivity index (χ1) is 9.16. The zero-order valence-corrected chi connectivity index (χ0v) is 18.7. The summed E-state index contributed by atoms with van der Waals surface area (Å²) >= 11 is 0. The second-order valence-corrected chi connectivity index (χ2v) is 19.0. The summed E-state index contributed by atoms with van der Waals surface area (Å²) in [6, 6.07) is 2.03. The Labute approximate surface area is 130 Å². The summed E-state index contributed by atoms with van der Waals surface area (Å²) in [5.41, 5.74) is 0. The van der Waals surface area contributed by atoms with Crippen molar-refractivity contribution >= 4 is 44.7 Å². The first-order valence-electron chi connectivity index (χ1n) is 7.04. The van der Waals surface area contributed by atoms with Crippen molar-refractivity contribution < 1.29 is 20.9 Å². The van der Waals surface area contributed by atoms with Gasteiger partial charge in [-0.1, -0.05) is 0 Å². The Kier molecular flexibility index (Phi) is 7.52. The molecular weight excluding hydrogens is 341 g/mol. The molecule has 5 nitrogen and oxygen atoms in total. The molecule has 0 amide bonds. The van der Waals surface area contributed by atoms with Crippen molar-refractivity contribution in [2.24, 2.45) is 0 Å². The van der Waals surface area contributed by atoms with Crippen molar-refractivity contribution in [1.29, 1.82) is 0 Å². The minimum absolute atomic E-state index is 0.790. The van der Waals surface area contributed by atoms with Gasteiger partial charge >= 0.3 is 36.4 Å². The van der Waals surface area contributed by atoms with Gasteiger partial charge in [-0.15, -0.1) is 0 Å². The number of hydrogen-bond donors (Lipinski definition) is 0. The van der Waals surface area contributed by atoms with Gasteiger partial charge in [-0.05, 0) is 58.3 Å². The van der Waals surface area contributed by atoms with Gasteiger partial charge in [0.05, 0.1) is 0 Å². The molecule has 117 valence electrons. The summed E-state index contributed by atoms with van der Waals surface area (Å²) in [7, 11) is -7.53. The van der Waals surface area contributed by atoms with Crippen LogP contribution in [0.15, 0.2) is 0 Å².